The van der Waals surface area contributed by atoms with Crippen molar-refractivity contribution in [3.05, 3.63) is 315 Å². The fourth-order valence-electron chi connectivity index (χ4n) is 15.7. The van der Waals surface area contributed by atoms with Crippen LogP contribution in [0.4, 0.5) is 17.8 Å². The Morgan fingerprint density at radius 2 is 0.837 bits per heavy atom. The second-order valence-corrected chi connectivity index (χ2v) is 32.0. The van der Waals surface area contributed by atoms with Gasteiger partial charge >= 0.3 is 29.6 Å². The normalized spacial score (nSPS) is 15.9. The van der Waals surface area contributed by atoms with Gasteiger partial charge in [-0.2, -0.15) is 9.97 Å². The number of nitrogens with zero attached hydrogens (tertiary/aromatic N) is 12. The molecule has 35 heteroatoms. The number of nitrogens with two attached hydrogens (primary N) is 1. The average molecular weight is 1870 g/mol. The summed E-state index contributed by atoms with van der Waals surface area (Å²) in [5, 5.41) is 66.2. The molecule has 0 bridgehead atoms. The van der Waals surface area contributed by atoms with Crippen molar-refractivity contribution in [3.63, 3.8) is 0 Å². The third kappa shape index (κ3) is 29.1. The molecule has 32 nitrogen and oxygen atoms in total. The number of aliphatic hydroxyl groups excluding tert-OH is 6. The number of rotatable bonds is 36. The maximum absolute atomic E-state index is 12.4. The summed E-state index contributed by atoms with van der Waals surface area (Å²) in [7, 11) is 6.62. The molecule has 9 heterocycles. The molecular formula is C100H116BClN16NaO16. The number of likely N-dealkylation sites (tertiary alicyclic amines) is 2. The minimum Gasteiger partial charge on any atom is -0.512 e. The van der Waals surface area contributed by atoms with Crippen LogP contribution in [0.3, 0.4) is 0 Å². The summed E-state index contributed by atoms with van der Waals surface area (Å²) >= 11 is 0. The van der Waals surface area contributed by atoms with E-state index in [0.717, 1.165) is 102 Å². The molecule has 11 N–H and O–H groups in total. The number of hydrogen-bond acceptors (Lipinski definition) is 28. The van der Waals surface area contributed by atoms with E-state index in [2.05, 4.69) is 41.2 Å². The number of nitrogens with one attached hydrogen (secondary N) is 3. The number of aliphatic hydroxyl groups is 6. The predicted molar refractivity (Wildman–Crippen MR) is 515 cm³/mol. The first-order valence-corrected chi connectivity index (χ1v) is 43.0. The van der Waals surface area contributed by atoms with Crippen LogP contribution in [0, 0.1) is 29.6 Å². The summed E-state index contributed by atoms with van der Waals surface area (Å²) in [4.78, 5) is 62.5. The SMILES string of the molecule is C.COc1ccc(CN(Cc2ccc(OC)cc2)c2nc(OCc3ccccc3)c3c(n2)c(C=O)cn3COCc2ccccc2)cc1.COc1ccc(CN(Cc2ccc(OC)cc2)c2nc(OCc3ccccc3)c3c(n2)c(CN2C[C@H](CO)[C@H](O)C2)cn3COCc2ccccc2)cc1.Cl.Nc1nc2c(CN3C[C@H](CO)[C@H](O)C3)c[nH]c2c(=O)[nH]1.OC[C@H]1CNC[C@H]1O.[B].[C-]#N.[Na+]. The van der Waals surface area contributed by atoms with Gasteiger partial charge in [0.2, 0.25) is 29.6 Å². The van der Waals surface area contributed by atoms with Gasteiger partial charge in [-0.1, -0.05) is 177 Å². The van der Waals surface area contributed by atoms with Crippen molar-refractivity contribution >= 4 is 78.1 Å². The second-order valence-electron chi connectivity index (χ2n) is 32.0. The van der Waals surface area contributed by atoms with Gasteiger partial charge in [-0.3, -0.25) is 24.4 Å². The summed E-state index contributed by atoms with van der Waals surface area (Å²) in [5.41, 5.74) is 19.3. The van der Waals surface area contributed by atoms with Crippen molar-refractivity contribution in [1.29, 1.82) is 5.26 Å². The van der Waals surface area contributed by atoms with Gasteiger partial charge in [0.25, 0.3) is 5.56 Å². The Labute approximate surface area is 815 Å². The molecule has 703 valence electrons. The number of hydrogen-bond donors (Lipinski definition) is 10. The minimum atomic E-state index is -0.600. The number of β-amino-alcohol motifs (C(OH)–C–C–N with tert-alkyl or cyclic N) is 3. The van der Waals surface area contributed by atoms with Crippen LogP contribution < -0.4 is 84.4 Å². The molecule has 3 saturated heterocycles. The molecule has 3 radical (unpaired) electrons. The summed E-state index contributed by atoms with van der Waals surface area (Å²) in [6.45, 7) is 13.2. The van der Waals surface area contributed by atoms with Crippen LogP contribution in [0.2, 0.25) is 0 Å². The first kappa shape index (κ1) is 106. The molecule has 17 rings (SSSR count). The number of anilines is 3. The number of aldehydes is 1. The number of benzene rings is 8. The van der Waals surface area contributed by atoms with E-state index in [1.807, 2.05) is 232 Å². The monoisotopic (exact) mass is 1870 g/mol. The molecule has 0 unspecified atom stereocenters. The van der Waals surface area contributed by atoms with Crippen molar-refractivity contribution in [2.45, 2.75) is 105 Å². The molecule has 0 spiro atoms. The molecule has 0 saturated carbocycles. The summed E-state index contributed by atoms with van der Waals surface area (Å²) in [5.74, 6) is 4.68. The molecule has 3 aliphatic heterocycles. The predicted octanol–water partition coefficient (Wildman–Crippen LogP) is 8.37. The van der Waals surface area contributed by atoms with Gasteiger partial charge in [-0.05, 0) is 93.0 Å². The molecule has 0 aliphatic carbocycles. The maximum atomic E-state index is 12.4. The van der Waals surface area contributed by atoms with Gasteiger partial charge < -0.3 is 115 Å². The molecular weight excluding hydrogens is 1750 g/mol. The average Bonchev–Trinajstić information content (AvgIpc) is 1.70. The summed E-state index contributed by atoms with van der Waals surface area (Å²) < 4.78 is 50.9. The Balaban J connectivity index is 0.000000228. The van der Waals surface area contributed by atoms with E-state index in [0.29, 0.717) is 143 Å². The third-order valence-corrected chi connectivity index (χ3v) is 22.8. The Bertz CT molecular complexity index is 5890. The number of H-pyrrole nitrogens is 2. The molecule has 0 amide bonds. The van der Waals surface area contributed by atoms with E-state index in [1.54, 1.807) is 40.8 Å². The minimum absolute atomic E-state index is 0. The fraction of sp³-hybridized carbons (Fsp3) is 0.320. The number of halogens is 1. The van der Waals surface area contributed by atoms with Crippen molar-refractivity contribution in [2.24, 2.45) is 17.8 Å². The molecule has 6 atom stereocenters. The van der Waals surface area contributed by atoms with E-state index in [1.165, 1.54) is 0 Å². The van der Waals surface area contributed by atoms with Crippen LogP contribution in [0.15, 0.2) is 242 Å². The quantitative estimate of drug-likeness (QED) is 0.0100. The standard InChI is InChI=1S/C43H47N5O6.C38H36N4O5.C12H17N5O3.C5H11NO2.CN.CH4.B.ClH.Na/c1-51-37-17-13-31(14-18-37)21-47(22-32-15-19-38(52-2)20-16-32)43-44-40-35(23-46-24-36(27-49)39(50)26-46)25-48(30-53-28-33-9-5-3-6-10-33)41(40)42(45-43)54-29-34-11-7-4-8-12-34;1-44-33-17-13-28(14-18-33)21-41(22-29-15-19-34(45-2)20-16-29)38-39-35-32(24-43)23-42(27-46-25-30-9-5-3-6-10-30)36(35)37(40-38)47-26-31-11-7-4-8-12-31;13-12-15-9-6(1-14-10(9)11(20)16-12)2-17-3-7(5-18)8(19)4-17;7-3-4-1-6-2-5(4)8;1-2;;;;/h3-20,25,36,39,49-50H,21-24,26-30H2,1-2H3;3-20,23-24H,21-22,25-27H2,1-2H3;1,7-8,14,18-19H,2-5H2,(H3,13,15,16,20);4-8H,1-3H2;;1H4;;1H;/q;;;;-1;;;;+1/t36-,39-;;7-,8-;4-,5-;;;;;/m1.11...../s1. The van der Waals surface area contributed by atoms with Gasteiger partial charge in [0.05, 0.1) is 65.5 Å². The molecule has 6 aromatic heterocycles. The molecule has 135 heavy (non-hydrogen) atoms. The summed E-state index contributed by atoms with van der Waals surface area (Å²) in [6.07, 6.45) is 4.88. The van der Waals surface area contributed by atoms with Crippen molar-refractivity contribution < 1.29 is 103 Å². The van der Waals surface area contributed by atoms with Crippen molar-refractivity contribution in [2.75, 3.05) is 103 Å². The van der Waals surface area contributed by atoms with Gasteiger partial charge in [0, 0.05) is 154 Å². The third-order valence-electron chi connectivity index (χ3n) is 22.8. The number of carbonyl (C=O) groups is 1. The fourth-order valence-corrected chi connectivity index (χ4v) is 15.7. The zero-order valence-corrected chi connectivity index (χ0v) is 78.4. The first-order chi connectivity index (χ1) is 64.0. The Kier molecular flexibility index (Phi) is 42.3. The van der Waals surface area contributed by atoms with E-state index in [9.17, 15) is 24.9 Å². The topological polar surface area (TPSA) is 410 Å². The maximum Gasteiger partial charge on any atom is 1.00 e. The molecule has 8 aromatic carbocycles. The van der Waals surface area contributed by atoms with Crippen LogP contribution in [0.5, 0.6) is 34.8 Å². The largest absolute Gasteiger partial charge is 1.00 e. The van der Waals surface area contributed by atoms with E-state index >= 15 is 0 Å². The number of ether oxygens (including phenoxy) is 8. The Morgan fingerprint density at radius 1 is 0.467 bits per heavy atom. The van der Waals surface area contributed by atoms with Gasteiger partial charge in [0.1, 0.15) is 82.8 Å². The van der Waals surface area contributed by atoms with Gasteiger partial charge in [-0.15, -0.1) is 12.4 Å². The number of aromatic amines is 2. The van der Waals surface area contributed by atoms with Crippen molar-refractivity contribution in [1.82, 2.24) is 59.1 Å². The molecule has 3 fully saturated rings. The number of carbonyl (C=O) groups excluding carboxylic acids is 1. The van der Waals surface area contributed by atoms with E-state index in [4.69, 9.17) is 90.7 Å². The zero-order valence-electron chi connectivity index (χ0n) is 75.6. The second kappa shape index (κ2) is 53.7. The van der Waals surface area contributed by atoms with Crippen LogP contribution in [0.25, 0.3) is 33.1 Å². The smallest absolute Gasteiger partial charge is 0.512 e. The van der Waals surface area contributed by atoms with Crippen LogP contribution in [-0.2, 0) is 88.6 Å². The van der Waals surface area contributed by atoms with Crippen LogP contribution in [0.1, 0.15) is 73.4 Å². The van der Waals surface area contributed by atoms with Crippen LogP contribution in [-0.4, -0.2) is 205 Å². The van der Waals surface area contributed by atoms with Crippen molar-refractivity contribution in [3.8, 4) is 34.8 Å². The van der Waals surface area contributed by atoms with E-state index < -0.39 is 12.2 Å². The Hall–Kier alpha value is -12.3. The van der Waals surface area contributed by atoms with Gasteiger partial charge in [-0.25, -0.2) is 15.0 Å². The zero-order chi connectivity index (χ0) is 92.0. The number of fused-ring (bicyclic) bond motifs is 3. The molecule has 3 aliphatic rings. The van der Waals surface area contributed by atoms with E-state index in [-0.39, 0.29) is 133 Å². The van der Waals surface area contributed by atoms with Crippen LogP contribution >= 0.6 is 12.4 Å². The number of nitrogen functional groups attached to an aromatic ring is 1. The Morgan fingerprint density at radius 3 is 1.19 bits per heavy atom. The molecule has 14 aromatic rings. The first-order valence-electron chi connectivity index (χ1n) is 43.0. The summed E-state index contributed by atoms with van der Waals surface area (Å²) in [6, 6.07) is 71.7. The van der Waals surface area contributed by atoms with Gasteiger partial charge in [0.15, 0.2) is 6.29 Å². The number of methoxy groups -OCH3 is 4. The number of aromatic nitrogens is 9.